The number of ether oxygens (including phenoxy) is 2. The van der Waals surface area contributed by atoms with Crippen molar-refractivity contribution in [3.8, 4) is 0 Å². The number of nitrogens with zero attached hydrogens (tertiary/aromatic N) is 5. The van der Waals surface area contributed by atoms with Gasteiger partial charge in [-0.25, -0.2) is 0 Å². The highest BCUT2D eigenvalue weighted by Crippen LogP contribution is 2.30. The molecule has 0 saturated heterocycles. The van der Waals surface area contributed by atoms with Crippen molar-refractivity contribution >= 4 is 23.1 Å². The van der Waals surface area contributed by atoms with Crippen LogP contribution >= 0.6 is 0 Å². The Kier molecular flexibility index (Phi) is 9.44. The van der Waals surface area contributed by atoms with E-state index in [-0.39, 0.29) is 24.5 Å². The number of ketones is 1. The number of hydrogen-bond donors (Lipinski definition) is 0. The molecule has 226 valence electrons. The van der Waals surface area contributed by atoms with Crippen molar-refractivity contribution < 1.29 is 32.0 Å². The number of halogens is 3. The van der Waals surface area contributed by atoms with Gasteiger partial charge in [0.05, 0.1) is 23.5 Å². The number of rotatable bonds is 10. The molecule has 43 heavy (non-hydrogen) atoms. The quantitative estimate of drug-likeness (QED) is 0.253. The number of carbonyl (C=O) groups is 1. The van der Waals surface area contributed by atoms with Gasteiger partial charge in [0, 0.05) is 60.9 Å². The maximum absolute atomic E-state index is 13.0. The van der Waals surface area contributed by atoms with E-state index >= 15 is 0 Å². The van der Waals surface area contributed by atoms with E-state index in [1.165, 1.54) is 12.3 Å². The molecular weight excluding hydrogens is 563 g/mol. The number of methoxy groups -OCH3 is 1. The summed E-state index contributed by atoms with van der Waals surface area (Å²) >= 11 is 0. The Morgan fingerprint density at radius 3 is 2.65 bits per heavy atom. The van der Waals surface area contributed by atoms with E-state index in [0.717, 1.165) is 22.6 Å². The van der Waals surface area contributed by atoms with Crippen LogP contribution in [-0.4, -0.2) is 53.1 Å². The third kappa shape index (κ3) is 7.42. The fourth-order valence-corrected chi connectivity index (χ4v) is 5.31. The Morgan fingerprint density at radius 1 is 1.12 bits per heavy atom. The minimum Gasteiger partial charge on any atom is -0.471 e. The number of aromatic nitrogens is 2. The number of pyridine rings is 1. The maximum Gasteiger partial charge on any atom is 0.389 e. The monoisotopic (exact) mass is 595 g/mol. The van der Waals surface area contributed by atoms with Crippen molar-refractivity contribution in [2.75, 3.05) is 13.7 Å². The SMILES string of the molecule is CCCC(CC(F)(F)F)C(=O)c1ccc(CO/C2=N/CCC3CC(=NN=C3c3cc(COC)on3)c3ccccc32)nc1. The Morgan fingerprint density at radius 2 is 1.93 bits per heavy atom. The predicted molar refractivity (Wildman–Crippen MR) is 153 cm³/mol. The number of benzene rings is 1. The number of fused-ring (bicyclic) bond motifs is 4. The summed E-state index contributed by atoms with van der Waals surface area (Å²) in [5.74, 6) is -0.633. The number of hydrogen-bond acceptors (Lipinski definition) is 9. The van der Waals surface area contributed by atoms with Crippen molar-refractivity contribution in [1.29, 1.82) is 0 Å². The predicted octanol–water partition coefficient (Wildman–Crippen LogP) is 6.35. The summed E-state index contributed by atoms with van der Waals surface area (Å²) < 4.78 is 55.7. The van der Waals surface area contributed by atoms with Gasteiger partial charge in [0.2, 0.25) is 5.90 Å². The maximum atomic E-state index is 13.0. The Balaban J connectivity index is 1.32. The molecule has 0 spiro atoms. The van der Waals surface area contributed by atoms with Crippen LogP contribution in [0.25, 0.3) is 0 Å². The Hall–Kier alpha value is -4.19. The molecule has 2 aliphatic heterocycles. The number of carbonyl (C=O) groups excluding carboxylic acids is 1. The third-order valence-electron chi connectivity index (χ3n) is 7.37. The zero-order valence-electron chi connectivity index (χ0n) is 23.9. The summed E-state index contributed by atoms with van der Waals surface area (Å²) in [6, 6.07) is 12.6. The first-order chi connectivity index (χ1) is 20.8. The molecule has 3 aromatic rings. The van der Waals surface area contributed by atoms with Crippen molar-refractivity contribution in [3.63, 3.8) is 0 Å². The molecule has 0 saturated carbocycles. The van der Waals surface area contributed by atoms with Crippen LogP contribution in [0, 0.1) is 11.8 Å². The van der Waals surface area contributed by atoms with Crippen molar-refractivity contribution in [3.05, 3.63) is 82.5 Å². The van der Waals surface area contributed by atoms with E-state index in [0.29, 0.717) is 55.5 Å². The van der Waals surface area contributed by atoms with Crippen LogP contribution in [0.3, 0.4) is 0 Å². The molecule has 4 heterocycles. The van der Waals surface area contributed by atoms with Gasteiger partial charge in [-0.15, -0.1) is 0 Å². The zero-order valence-corrected chi connectivity index (χ0v) is 23.9. The second kappa shape index (κ2) is 13.4. The van der Waals surface area contributed by atoms with Crippen LogP contribution in [-0.2, 0) is 22.7 Å². The highest BCUT2D eigenvalue weighted by Gasteiger charge is 2.35. The smallest absolute Gasteiger partial charge is 0.389 e. The molecule has 9 nitrogen and oxygen atoms in total. The van der Waals surface area contributed by atoms with E-state index in [9.17, 15) is 18.0 Å². The van der Waals surface area contributed by atoms with Gasteiger partial charge >= 0.3 is 6.18 Å². The minimum absolute atomic E-state index is 0.0183. The van der Waals surface area contributed by atoms with Crippen LogP contribution in [0.2, 0.25) is 0 Å². The number of aliphatic imine (C=N–C) groups is 1. The molecule has 2 aliphatic rings. The molecule has 2 atom stereocenters. The first-order valence-electron chi connectivity index (χ1n) is 14.2. The molecule has 12 heteroatoms. The topological polar surface area (TPSA) is 112 Å². The summed E-state index contributed by atoms with van der Waals surface area (Å²) in [5, 5.41) is 13.2. The number of Topliss-reactive ketones (excluding diaryl/α,β-unsaturated/α-hetero) is 1. The molecule has 0 fully saturated rings. The van der Waals surface area contributed by atoms with Gasteiger partial charge in [-0.2, -0.15) is 23.4 Å². The van der Waals surface area contributed by atoms with Gasteiger partial charge in [-0.3, -0.25) is 14.8 Å². The van der Waals surface area contributed by atoms with Gasteiger partial charge in [-0.05, 0) is 31.0 Å². The average molecular weight is 596 g/mol. The van der Waals surface area contributed by atoms with Gasteiger partial charge in [0.1, 0.15) is 18.9 Å². The van der Waals surface area contributed by atoms with Crippen LogP contribution in [0.15, 0.2) is 68.4 Å². The summed E-state index contributed by atoms with van der Waals surface area (Å²) in [7, 11) is 1.59. The summed E-state index contributed by atoms with van der Waals surface area (Å²) in [4.78, 5) is 21.9. The standard InChI is InChI=1S/C31H32F3N5O4/c1-3-6-20(15-31(32,33)34)29(40)21-9-10-22(36-16-21)17-42-30-25-8-5-4-7-24(25)26-13-19(11-12-35-30)28(38-37-26)27-14-23(18-41-2)43-39-27/h4-5,7-10,14,16,19-20H,3,6,11-13,15,17-18H2,1-2H3/b35-30+. The molecule has 2 aromatic heterocycles. The van der Waals surface area contributed by atoms with E-state index < -0.39 is 24.3 Å². The van der Waals surface area contributed by atoms with Gasteiger partial charge in [-0.1, -0.05) is 36.7 Å². The van der Waals surface area contributed by atoms with E-state index in [1.807, 2.05) is 30.3 Å². The number of alkyl halides is 3. The second-order valence-electron chi connectivity index (χ2n) is 10.6. The molecule has 2 unspecified atom stereocenters. The lowest BCUT2D eigenvalue weighted by molar-refractivity contribution is -0.141. The fourth-order valence-electron chi connectivity index (χ4n) is 5.31. The van der Waals surface area contributed by atoms with Crippen LogP contribution < -0.4 is 0 Å². The summed E-state index contributed by atoms with van der Waals surface area (Å²) in [6.45, 7) is 2.58. The molecular formula is C31H32F3N5O4. The van der Waals surface area contributed by atoms with Gasteiger partial charge < -0.3 is 14.0 Å². The normalized spacial score (nSPS) is 18.6. The summed E-state index contributed by atoms with van der Waals surface area (Å²) in [5.41, 5.74) is 4.47. The van der Waals surface area contributed by atoms with Gasteiger partial charge in [0.25, 0.3) is 0 Å². The minimum atomic E-state index is -4.41. The molecule has 2 bridgehead atoms. The van der Waals surface area contributed by atoms with Crippen molar-refractivity contribution in [2.24, 2.45) is 27.0 Å². The van der Waals surface area contributed by atoms with E-state index in [1.54, 1.807) is 20.1 Å². The van der Waals surface area contributed by atoms with Crippen molar-refractivity contribution in [1.82, 2.24) is 10.1 Å². The highest BCUT2D eigenvalue weighted by molar-refractivity contribution is 6.14. The fraction of sp³-hybridized carbons (Fsp3) is 0.419. The summed E-state index contributed by atoms with van der Waals surface area (Å²) in [6.07, 6.45) is -2.27. The van der Waals surface area contributed by atoms with E-state index in [2.05, 4.69) is 20.3 Å². The lowest BCUT2D eigenvalue weighted by Gasteiger charge is -2.21. The molecule has 1 aromatic carbocycles. The molecule has 0 radical (unpaired) electrons. The van der Waals surface area contributed by atoms with Gasteiger partial charge in [0.15, 0.2) is 11.5 Å². The third-order valence-corrected chi connectivity index (χ3v) is 7.37. The molecule has 5 rings (SSSR count). The largest absolute Gasteiger partial charge is 0.471 e. The Bertz CT molecular complexity index is 1530. The lowest BCUT2D eigenvalue weighted by Crippen LogP contribution is -2.24. The van der Waals surface area contributed by atoms with Crippen molar-refractivity contribution in [2.45, 2.75) is 58.4 Å². The first-order valence-corrected chi connectivity index (χ1v) is 14.2. The van der Waals surface area contributed by atoms with Crippen LogP contribution in [0.1, 0.15) is 77.7 Å². The molecule has 0 aliphatic carbocycles. The molecule has 0 amide bonds. The molecule has 0 N–H and O–H groups in total. The average Bonchev–Trinajstić information content (AvgIpc) is 3.47. The Labute approximate surface area is 246 Å². The second-order valence-corrected chi connectivity index (χ2v) is 10.6. The van der Waals surface area contributed by atoms with Crippen LogP contribution in [0.4, 0.5) is 13.2 Å². The lowest BCUT2D eigenvalue weighted by atomic mass is 9.87. The highest BCUT2D eigenvalue weighted by atomic mass is 19.4. The van der Waals surface area contributed by atoms with E-state index in [4.69, 9.17) is 19.0 Å². The van der Waals surface area contributed by atoms with Crippen LogP contribution in [0.5, 0.6) is 0 Å². The zero-order chi connectivity index (χ0) is 30.4. The first kappa shape index (κ1) is 30.3.